The van der Waals surface area contributed by atoms with Gasteiger partial charge in [-0.05, 0) is 107 Å². The van der Waals surface area contributed by atoms with E-state index < -0.39 is 83.9 Å². The fourth-order valence-electron chi connectivity index (χ4n) is 10.1. The minimum absolute atomic E-state index is 0.0193. The molecule has 4 aliphatic rings. The Labute approximate surface area is 387 Å². The van der Waals surface area contributed by atoms with Gasteiger partial charge in [0.2, 0.25) is 5.79 Å². The zero-order valence-electron chi connectivity index (χ0n) is 40.6. The number of aliphatic hydroxyl groups excluding tert-OH is 2. The van der Waals surface area contributed by atoms with Crippen LogP contribution in [0.2, 0.25) is 0 Å². The van der Waals surface area contributed by atoms with E-state index in [-0.39, 0.29) is 54.8 Å². The number of carbonyl (C=O) groups excluding carboxylic acids is 5. The summed E-state index contributed by atoms with van der Waals surface area (Å²) in [7, 11) is 4.52. The molecule has 3 aliphatic heterocycles. The molecule has 1 saturated carbocycles. The lowest BCUT2D eigenvalue weighted by molar-refractivity contribution is -0.265. The van der Waals surface area contributed by atoms with Gasteiger partial charge in [0.15, 0.2) is 5.78 Å². The first-order chi connectivity index (χ1) is 30.7. The number of carbonyl (C=O) groups is 5. The van der Waals surface area contributed by atoms with Crippen LogP contribution in [0.5, 0.6) is 0 Å². The Morgan fingerprint density at radius 2 is 1.57 bits per heavy atom. The molecule has 3 N–H and O–H groups in total. The number of rotatable bonds is 6. The molecule has 0 aromatic carbocycles. The van der Waals surface area contributed by atoms with Gasteiger partial charge >= 0.3 is 5.97 Å². The first-order valence-corrected chi connectivity index (χ1v) is 23.9. The number of esters is 1. The number of hydrogen-bond acceptors (Lipinski definition) is 13. The quantitative estimate of drug-likeness (QED) is 0.156. The third kappa shape index (κ3) is 14.3. The number of fused-ring (bicyclic) bond motifs is 3. The third-order valence-electron chi connectivity index (χ3n) is 14.5. The van der Waals surface area contributed by atoms with Gasteiger partial charge in [-0.1, -0.05) is 71.1 Å². The lowest BCUT2D eigenvalue weighted by atomic mass is 9.78. The van der Waals surface area contributed by atoms with E-state index in [0.29, 0.717) is 63.4 Å². The molecule has 15 atom stereocenters. The van der Waals surface area contributed by atoms with Gasteiger partial charge < -0.3 is 43.9 Å². The zero-order chi connectivity index (χ0) is 48.2. The summed E-state index contributed by atoms with van der Waals surface area (Å²) in [4.78, 5) is 71.8. The average Bonchev–Trinajstić information content (AvgIpc) is 3.28. The Morgan fingerprint density at radius 1 is 0.846 bits per heavy atom. The molecular formula is C51H79NO13. The number of methoxy groups -OCH3 is 3. The number of Topliss-reactive ketones (excluding diaryl/α,β-unsaturated/α-hetero) is 3. The van der Waals surface area contributed by atoms with Gasteiger partial charge in [0, 0.05) is 58.5 Å². The fraction of sp³-hybridized carbons (Fsp3) is 0.745. The van der Waals surface area contributed by atoms with E-state index in [2.05, 4.69) is 0 Å². The van der Waals surface area contributed by atoms with E-state index >= 15 is 0 Å². The highest BCUT2D eigenvalue weighted by molar-refractivity contribution is 6.39. The normalized spacial score (nSPS) is 40.4. The molecule has 0 aromatic rings. The SMILES string of the molecule is COC1C(=O)C(C)C[C@H](C)/C=C/C=C/C=C(\C)[C@@H](OC)C[C@@H]2CC[C@@H](C)[C@@](O)(O2)C(=O)C(=O)N2CCCCC2C(=O)OC([C@H](C)C[C@@H]2CC[C@@H](O)[C@H](OC)C2)CC(=O)[C@H](C)/C=C(\C)[C@H]1O. The van der Waals surface area contributed by atoms with Crippen LogP contribution in [0.1, 0.15) is 126 Å². The van der Waals surface area contributed by atoms with Gasteiger partial charge in [0.1, 0.15) is 30.1 Å². The summed E-state index contributed by atoms with van der Waals surface area (Å²) in [6.07, 6.45) is 11.2. The monoisotopic (exact) mass is 914 g/mol. The van der Waals surface area contributed by atoms with Crippen molar-refractivity contribution in [1.29, 1.82) is 0 Å². The molecule has 4 rings (SSSR count). The van der Waals surface area contributed by atoms with Gasteiger partial charge in [-0.3, -0.25) is 19.2 Å². The third-order valence-corrected chi connectivity index (χ3v) is 14.5. The predicted molar refractivity (Wildman–Crippen MR) is 245 cm³/mol. The van der Waals surface area contributed by atoms with Crippen molar-refractivity contribution in [3.05, 3.63) is 47.6 Å². The number of nitrogens with zero attached hydrogens (tertiary/aromatic N) is 1. The summed E-state index contributed by atoms with van der Waals surface area (Å²) in [5, 5.41) is 33.8. The van der Waals surface area contributed by atoms with Crippen molar-refractivity contribution in [2.24, 2.45) is 35.5 Å². The molecule has 4 unspecified atom stereocenters. The highest BCUT2D eigenvalue weighted by atomic mass is 16.6. The van der Waals surface area contributed by atoms with Crippen molar-refractivity contribution >= 4 is 29.2 Å². The second kappa shape index (κ2) is 25.1. The lowest BCUT2D eigenvalue weighted by Crippen LogP contribution is -2.61. The molecule has 1 amide bonds. The maximum Gasteiger partial charge on any atom is 0.329 e. The van der Waals surface area contributed by atoms with Gasteiger partial charge in [0.25, 0.3) is 11.7 Å². The lowest BCUT2D eigenvalue weighted by Gasteiger charge is -2.42. The van der Waals surface area contributed by atoms with Crippen molar-refractivity contribution in [3.63, 3.8) is 0 Å². The minimum atomic E-state index is -2.43. The van der Waals surface area contributed by atoms with Gasteiger partial charge in [-0.25, -0.2) is 4.79 Å². The number of allylic oxidation sites excluding steroid dienone is 6. The van der Waals surface area contributed by atoms with Crippen LogP contribution in [0, 0.1) is 35.5 Å². The molecular weight excluding hydrogens is 835 g/mol. The van der Waals surface area contributed by atoms with Crippen molar-refractivity contribution in [2.45, 2.75) is 180 Å². The molecule has 2 saturated heterocycles. The van der Waals surface area contributed by atoms with Crippen LogP contribution in [-0.4, -0.2) is 132 Å². The maximum atomic E-state index is 14.4. The zero-order valence-corrected chi connectivity index (χ0v) is 40.6. The van der Waals surface area contributed by atoms with E-state index in [0.717, 1.165) is 12.0 Å². The molecule has 3 fully saturated rings. The molecule has 14 nitrogen and oxygen atoms in total. The summed E-state index contributed by atoms with van der Waals surface area (Å²) >= 11 is 0. The number of hydrogen-bond donors (Lipinski definition) is 3. The summed E-state index contributed by atoms with van der Waals surface area (Å²) in [6, 6.07) is -1.14. The molecule has 65 heavy (non-hydrogen) atoms. The molecule has 14 heteroatoms. The van der Waals surface area contributed by atoms with Crippen molar-refractivity contribution in [3.8, 4) is 0 Å². The van der Waals surface area contributed by atoms with Crippen LogP contribution in [0.3, 0.4) is 0 Å². The van der Waals surface area contributed by atoms with Gasteiger partial charge in [-0.2, -0.15) is 0 Å². The Kier molecular flexibility index (Phi) is 21.0. The average molecular weight is 914 g/mol. The number of ether oxygens (including phenoxy) is 5. The van der Waals surface area contributed by atoms with E-state index in [4.69, 9.17) is 23.7 Å². The van der Waals surface area contributed by atoms with Crippen LogP contribution >= 0.6 is 0 Å². The number of amides is 1. The molecule has 366 valence electrons. The van der Waals surface area contributed by atoms with E-state index in [1.54, 1.807) is 41.1 Å². The van der Waals surface area contributed by atoms with E-state index in [1.807, 2.05) is 58.1 Å². The summed E-state index contributed by atoms with van der Waals surface area (Å²) in [6.45, 7) is 12.7. The van der Waals surface area contributed by atoms with Crippen LogP contribution in [0.15, 0.2) is 47.6 Å². The number of cyclic esters (lactones) is 1. The first-order valence-electron chi connectivity index (χ1n) is 23.9. The van der Waals surface area contributed by atoms with E-state index in [1.165, 1.54) is 12.0 Å². The molecule has 1 aliphatic carbocycles. The Hall–Kier alpha value is -3.37. The number of piperidine rings is 1. The van der Waals surface area contributed by atoms with Crippen molar-refractivity contribution in [2.75, 3.05) is 27.9 Å². The standard InChI is InChI=1S/C51H79NO13/c1-30-16-12-11-13-17-31(2)42(61-8)28-38-21-19-36(7)51(60,65-38)48(57)49(58)52-23-15-14-18-39(52)50(59)64-43(33(4)26-37-20-22-40(53)44(27-37)62-9)29-41(54)32(3)25-35(6)46(56)47(63-10)45(55)34(5)24-30/h11-13,16-17,25,30,32-34,36-40,42-44,46-47,53,56,60H,14-15,18-24,26-29H2,1-10H3/b13-11+,16-12+,31-17+,35-25+/t30-,32-,33-,34?,36-,37+,38+,39?,40-,42+,43?,44-,46-,47?,51-/m1/s1. The highest BCUT2D eigenvalue weighted by Crippen LogP contribution is 2.38. The summed E-state index contributed by atoms with van der Waals surface area (Å²) in [5.41, 5.74) is 1.27. The minimum Gasteiger partial charge on any atom is -0.460 e. The van der Waals surface area contributed by atoms with Crippen LogP contribution < -0.4 is 0 Å². The topological polar surface area (TPSA) is 195 Å². The number of ketones is 3. The van der Waals surface area contributed by atoms with Gasteiger partial charge in [0.05, 0.1) is 24.4 Å². The maximum absolute atomic E-state index is 14.4. The van der Waals surface area contributed by atoms with Crippen molar-refractivity contribution in [1.82, 2.24) is 4.90 Å². The van der Waals surface area contributed by atoms with Crippen molar-refractivity contribution < 1.29 is 63.0 Å². The Morgan fingerprint density at radius 3 is 2.25 bits per heavy atom. The molecule has 0 spiro atoms. The molecule has 2 bridgehead atoms. The summed E-state index contributed by atoms with van der Waals surface area (Å²) < 4.78 is 29.4. The van der Waals surface area contributed by atoms with Crippen LogP contribution in [0.4, 0.5) is 0 Å². The fourth-order valence-corrected chi connectivity index (χ4v) is 10.1. The van der Waals surface area contributed by atoms with Crippen LogP contribution in [-0.2, 0) is 47.7 Å². The predicted octanol–water partition coefficient (Wildman–Crippen LogP) is 6.18. The molecule has 0 aromatic heterocycles. The van der Waals surface area contributed by atoms with Crippen LogP contribution in [0.25, 0.3) is 0 Å². The smallest absolute Gasteiger partial charge is 0.329 e. The second-order valence-electron chi connectivity index (χ2n) is 19.6. The Bertz CT molecular complexity index is 1760. The highest BCUT2D eigenvalue weighted by Gasteiger charge is 2.53. The number of aliphatic hydroxyl groups is 3. The molecule has 3 heterocycles. The Balaban J connectivity index is 1.70. The molecule has 0 radical (unpaired) electrons. The van der Waals surface area contributed by atoms with Gasteiger partial charge in [-0.15, -0.1) is 0 Å². The summed E-state index contributed by atoms with van der Waals surface area (Å²) in [5.74, 6) is -7.96. The second-order valence-corrected chi connectivity index (χ2v) is 19.6. The largest absolute Gasteiger partial charge is 0.460 e. The van der Waals surface area contributed by atoms with E-state index in [9.17, 15) is 39.3 Å². The first kappa shape index (κ1) is 54.2.